The Bertz CT molecular complexity index is 501. The summed E-state index contributed by atoms with van der Waals surface area (Å²) >= 11 is 1.57. The van der Waals surface area contributed by atoms with Gasteiger partial charge in [-0.1, -0.05) is 25.1 Å². The standard InChI is InChI=1S/C13H17N3OS/c1-2-14-7-10(17)8-18-13-11-5-3-4-6-12(11)15-9-16-13/h3-6,9-10,14,17H,2,7-8H2,1H3. The highest BCUT2D eigenvalue weighted by Crippen LogP contribution is 2.24. The molecule has 2 N–H and O–H groups in total. The van der Waals surface area contributed by atoms with Crippen LogP contribution in [-0.4, -0.2) is 40.0 Å². The van der Waals surface area contributed by atoms with E-state index in [1.54, 1.807) is 18.1 Å². The number of aliphatic hydroxyl groups excluding tert-OH is 1. The Morgan fingerprint density at radius 3 is 3.00 bits per heavy atom. The van der Waals surface area contributed by atoms with E-state index in [2.05, 4.69) is 15.3 Å². The van der Waals surface area contributed by atoms with E-state index < -0.39 is 0 Å². The highest BCUT2D eigenvalue weighted by Gasteiger charge is 2.08. The van der Waals surface area contributed by atoms with Gasteiger partial charge in [0.2, 0.25) is 0 Å². The molecule has 0 aliphatic heterocycles. The van der Waals surface area contributed by atoms with Gasteiger partial charge in [-0.25, -0.2) is 9.97 Å². The number of hydrogen-bond acceptors (Lipinski definition) is 5. The largest absolute Gasteiger partial charge is 0.391 e. The first-order valence-electron chi connectivity index (χ1n) is 6.02. The average Bonchev–Trinajstić information content (AvgIpc) is 2.42. The molecule has 96 valence electrons. The van der Waals surface area contributed by atoms with E-state index in [0.29, 0.717) is 12.3 Å². The van der Waals surface area contributed by atoms with E-state index >= 15 is 0 Å². The van der Waals surface area contributed by atoms with Crippen LogP contribution in [0.2, 0.25) is 0 Å². The Morgan fingerprint density at radius 2 is 2.17 bits per heavy atom. The number of likely N-dealkylation sites (N-methyl/N-ethyl adjacent to an activating group) is 1. The maximum absolute atomic E-state index is 9.79. The molecule has 1 aromatic heterocycles. The molecule has 0 amide bonds. The summed E-state index contributed by atoms with van der Waals surface area (Å²) in [6, 6.07) is 7.92. The Kier molecular flexibility index (Phi) is 4.92. The third-order valence-corrected chi connectivity index (χ3v) is 3.70. The zero-order valence-electron chi connectivity index (χ0n) is 10.3. The molecule has 4 nitrogen and oxygen atoms in total. The molecule has 0 spiro atoms. The highest BCUT2D eigenvalue weighted by molar-refractivity contribution is 7.99. The van der Waals surface area contributed by atoms with Gasteiger partial charge in [-0.2, -0.15) is 0 Å². The van der Waals surface area contributed by atoms with E-state index in [1.165, 1.54) is 0 Å². The van der Waals surface area contributed by atoms with Crippen LogP contribution in [-0.2, 0) is 0 Å². The van der Waals surface area contributed by atoms with Gasteiger partial charge in [-0.15, -0.1) is 11.8 Å². The van der Waals surface area contributed by atoms with Crippen molar-refractivity contribution in [3.8, 4) is 0 Å². The van der Waals surface area contributed by atoms with Gasteiger partial charge in [0.05, 0.1) is 11.6 Å². The smallest absolute Gasteiger partial charge is 0.117 e. The van der Waals surface area contributed by atoms with Crippen LogP contribution in [0.4, 0.5) is 0 Å². The second-order valence-corrected chi connectivity index (χ2v) is 4.98. The van der Waals surface area contributed by atoms with Crippen molar-refractivity contribution in [1.29, 1.82) is 0 Å². The van der Waals surface area contributed by atoms with Gasteiger partial charge in [0, 0.05) is 17.7 Å². The van der Waals surface area contributed by atoms with E-state index in [0.717, 1.165) is 22.5 Å². The zero-order valence-corrected chi connectivity index (χ0v) is 11.2. The van der Waals surface area contributed by atoms with Gasteiger partial charge >= 0.3 is 0 Å². The van der Waals surface area contributed by atoms with Crippen LogP contribution >= 0.6 is 11.8 Å². The Balaban J connectivity index is 2.03. The fourth-order valence-electron chi connectivity index (χ4n) is 1.64. The second kappa shape index (κ2) is 6.68. The van der Waals surface area contributed by atoms with Crippen LogP contribution in [0.25, 0.3) is 10.9 Å². The number of para-hydroxylation sites is 1. The Hall–Kier alpha value is -1.17. The van der Waals surface area contributed by atoms with Gasteiger partial charge < -0.3 is 10.4 Å². The van der Waals surface area contributed by atoms with Crippen LogP contribution < -0.4 is 5.32 Å². The van der Waals surface area contributed by atoms with Crippen LogP contribution in [0.1, 0.15) is 6.92 Å². The molecular weight excluding hydrogens is 246 g/mol. The summed E-state index contributed by atoms with van der Waals surface area (Å²) in [5.74, 6) is 0.633. The van der Waals surface area contributed by atoms with E-state index in [4.69, 9.17) is 0 Å². The summed E-state index contributed by atoms with van der Waals surface area (Å²) in [7, 11) is 0. The Labute approximate surface area is 111 Å². The van der Waals surface area contributed by atoms with Crippen molar-refractivity contribution in [2.45, 2.75) is 18.1 Å². The van der Waals surface area contributed by atoms with Gasteiger partial charge in [0.15, 0.2) is 0 Å². The molecule has 0 fully saturated rings. The minimum absolute atomic E-state index is 0.358. The molecule has 1 atom stereocenters. The molecule has 2 aromatic rings. The SMILES string of the molecule is CCNCC(O)CSc1ncnc2ccccc12. The molecule has 0 bridgehead atoms. The third kappa shape index (κ3) is 3.41. The first-order valence-corrected chi connectivity index (χ1v) is 7.01. The molecule has 2 rings (SSSR count). The molecule has 0 saturated heterocycles. The van der Waals surface area contributed by atoms with Crippen LogP contribution in [0.3, 0.4) is 0 Å². The van der Waals surface area contributed by atoms with Crippen molar-refractivity contribution in [1.82, 2.24) is 15.3 Å². The van der Waals surface area contributed by atoms with E-state index in [1.807, 2.05) is 31.2 Å². The van der Waals surface area contributed by atoms with Crippen LogP contribution in [0.5, 0.6) is 0 Å². The maximum atomic E-state index is 9.79. The van der Waals surface area contributed by atoms with Crippen molar-refractivity contribution in [2.24, 2.45) is 0 Å². The van der Waals surface area contributed by atoms with E-state index in [9.17, 15) is 5.11 Å². The van der Waals surface area contributed by atoms with Crippen LogP contribution in [0.15, 0.2) is 35.6 Å². The summed E-state index contributed by atoms with van der Waals surface area (Å²) in [5.41, 5.74) is 0.941. The first kappa shape index (κ1) is 13.3. The highest BCUT2D eigenvalue weighted by atomic mass is 32.2. The van der Waals surface area contributed by atoms with Gasteiger partial charge in [-0.3, -0.25) is 0 Å². The number of nitrogens with zero attached hydrogens (tertiary/aromatic N) is 2. The number of fused-ring (bicyclic) bond motifs is 1. The van der Waals surface area contributed by atoms with Gasteiger partial charge in [-0.05, 0) is 12.6 Å². The maximum Gasteiger partial charge on any atom is 0.117 e. The van der Waals surface area contributed by atoms with Crippen molar-refractivity contribution < 1.29 is 5.11 Å². The number of aliphatic hydroxyl groups is 1. The molecule has 0 aliphatic rings. The lowest BCUT2D eigenvalue weighted by atomic mass is 10.2. The van der Waals surface area contributed by atoms with Gasteiger partial charge in [0.25, 0.3) is 0 Å². The van der Waals surface area contributed by atoms with Crippen molar-refractivity contribution >= 4 is 22.7 Å². The molecule has 1 heterocycles. The molecule has 1 unspecified atom stereocenters. The lowest BCUT2D eigenvalue weighted by Crippen LogP contribution is -2.28. The molecule has 5 heteroatoms. The molecule has 1 aromatic carbocycles. The molecule has 18 heavy (non-hydrogen) atoms. The minimum Gasteiger partial charge on any atom is -0.391 e. The first-order chi connectivity index (χ1) is 8.81. The number of benzene rings is 1. The number of hydrogen-bond donors (Lipinski definition) is 2. The zero-order chi connectivity index (χ0) is 12.8. The number of nitrogens with one attached hydrogen (secondary N) is 1. The second-order valence-electron chi connectivity index (χ2n) is 3.97. The molecular formula is C13H17N3OS. The summed E-state index contributed by atoms with van der Waals surface area (Å²) in [5, 5.41) is 14.9. The van der Waals surface area contributed by atoms with Crippen LogP contribution in [0, 0.1) is 0 Å². The third-order valence-electron chi connectivity index (χ3n) is 2.55. The fourth-order valence-corrected chi connectivity index (χ4v) is 2.56. The fraction of sp³-hybridized carbons (Fsp3) is 0.385. The van der Waals surface area contributed by atoms with Crippen molar-refractivity contribution in [3.63, 3.8) is 0 Å². The monoisotopic (exact) mass is 263 g/mol. The predicted molar refractivity (Wildman–Crippen MR) is 74.8 cm³/mol. The number of aromatic nitrogens is 2. The molecule has 0 radical (unpaired) electrons. The average molecular weight is 263 g/mol. The lowest BCUT2D eigenvalue weighted by molar-refractivity contribution is 0.197. The lowest BCUT2D eigenvalue weighted by Gasteiger charge is -2.10. The topological polar surface area (TPSA) is 58.0 Å². The normalized spacial score (nSPS) is 12.8. The summed E-state index contributed by atoms with van der Waals surface area (Å²) in [6.45, 7) is 3.52. The van der Waals surface area contributed by atoms with Crippen molar-refractivity contribution in [2.75, 3.05) is 18.8 Å². The summed E-state index contributed by atoms with van der Waals surface area (Å²) < 4.78 is 0. The quantitative estimate of drug-likeness (QED) is 0.613. The van der Waals surface area contributed by atoms with Gasteiger partial charge in [0.1, 0.15) is 11.4 Å². The summed E-state index contributed by atoms with van der Waals surface area (Å²) in [6.07, 6.45) is 1.21. The van der Waals surface area contributed by atoms with Crippen molar-refractivity contribution in [3.05, 3.63) is 30.6 Å². The molecule has 0 saturated carbocycles. The van der Waals surface area contributed by atoms with E-state index in [-0.39, 0.29) is 6.10 Å². The minimum atomic E-state index is -0.358. The number of rotatable bonds is 6. The Morgan fingerprint density at radius 1 is 1.33 bits per heavy atom. The number of thioether (sulfide) groups is 1. The summed E-state index contributed by atoms with van der Waals surface area (Å²) in [4.78, 5) is 8.50. The molecule has 0 aliphatic carbocycles. The predicted octanol–water partition coefficient (Wildman–Crippen LogP) is 1.69.